The van der Waals surface area contributed by atoms with Gasteiger partial charge in [-0.3, -0.25) is 14.2 Å². The van der Waals surface area contributed by atoms with Crippen LogP contribution in [-0.2, 0) is 24.6 Å². The second kappa shape index (κ2) is 9.83. The largest absolute Gasteiger partial charge is 0.451 e. The zero-order chi connectivity index (χ0) is 28.8. The molecule has 5 heterocycles. The number of alkyl halides is 3. The number of aromatic nitrogens is 9. The van der Waals surface area contributed by atoms with E-state index in [4.69, 9.17) is 4.52 Å². The van der Waals surface area contributed by atoms with Gasteiger partial charge in [0.1, 0.15) is 18.4 Å². The fourth-order valence-electron chi connectivity index (χ4n) is 3.89. The standard InChI is InChI=1S/C23H19F3N10O4/c1-11(19(37)32-15-6-4-5-14(31-15)13-7-27-21(28-8-13)23(24,25)26)36-10-29-18-17(36)20(38)35(22(39)34(18)3)9-16-30-12(2)33-40-16/h4-8,10-11H,9H2,1-3H3,(H,31,32,37). The van der Waals surface area contributed by atoms with Crippen molar-refractivity contribution in [3.05, 3.63) is 75.3 Å². The normalized spacial score (nSPS) is 12.6. The average Bonchev–Trinajstić information content (AvgIpc) is 3.55. The van der Waals surface area contributed by atoms with Crippen molar-refractivity contribution >= 4 is 22.9 Å². The lowest BCUT2D eigenvalue weighted by molar-refractivity contribution is -0.145. The number of fused-ring (bicyclic) bond motifs is 1. The topological polar surface area (TPSA) is 169 Å². The number of imidazole rings is 1. The number of carbonyl (C=O) groups is 1. The highest BCUT2D eigenvalue weighted by Gasteiger charge is 2.34. The van der Waals surface area contributed by atoms with Crippen LogP contribution in [0.1, 0.15) is 30.5 Å². The number of carbonyl (C=O) groups excluding carboxylic acids is 1. The van der Waals surface area contributed by atoms with E-state index in [1.54, 1.807) is 13.0 Å². The van der Waals surface area contributed by atoms with Crippen LogP contribution in [-0.4, -0.2) is 49.7 Å². The molecule has 0 saturated carbocycles. The lowest BCUT2D eigenvalue weighted by Crippen LogP contribution is -2.40. The number of hydrogen-bond donors (Lipinski definition) is 1. The highest BCUT2D eigenvalue weighted by molar-refractivity contribution is 5.93. The summed E-state index contributed by atoms with van der Waals surface area (Å²) in [6.07, 6.45) is -1.46. The molecule has 0 fully saturated rings. The average molecular weight is 556 g/mol. The molecule has 0 aliphatic heterocycles. The minimum atomic E-state index is -4.68. The highest BCUT2D eigenvalue weighted by atomic mass is 19.4. The summed E-state index contributed by atoms with van der Waals surface area (Å²) in [5, 5.41) is 6.27. The third kappa shape index (κ3) is 4.83. The zero-order valence-corrected chi connectivity index (χ0v) is 21.0. The first kappa shape index (κ1) is 26.4. The molecule has 0 bridgehead atoms. The Morgan fingerprint density at radius 3 is 2.50 bits per heavy atom. The van der Waals surface area contributed by atoms with Crippen LogP contribution in [0.15, 0.2) is 51.0 Å². The maximum atomic E-state index is 13.3. The van der Waals surface area contributed by atoms with Crippen molar-refractivity contribution in [2.24, 2.45) is 7.05 Å². The van der Waals surface area contributed by atoms with Gasteiger partial charge in [0, 0.05) is 25.0 Å². The molecule has 0 aliphatic carbocycles. The van der Waals surface area contributed by atoms with Crippen molar-refractivity contribution in [2.75, 3.05) is 5.32 Å². The van der Waals surface area contributed by atoms with Gasteiger partial charge in [0.15, 0.2) is 17.0 Å². The molecule has 0 aromatic carbocycles. The Labute approximate surface area is 221 Å². The van der Waals surface area contributed by atoms with E-state index in [1.807, 2.05) is 0 Å². The Bertz CT molecular complexity index is 1850. The predicted octanol–water partition coefficient (Wildman–Crippen LogP) is 1.71. The quantitative estimate of drug-likeness (QED) is 0.325. The van der Waals surface area contributed by atoms with E-state index in [2.05, 4.69) is 35.4 Å². The van der Waals surface area contributed by atoms with E-state index >= 15 is 0 Å². The summed E-state index contributed by atoms with van der Waals surface area (Å²) in [5.41, 5.74) is -0.894. The van der Waals surface area contributed by atoms with E-state index in [-0.39, 0.29) is 40.7 Å². The van der Waals surface area contributed by atoms with Gasteiger partial charge in [-0.15, -0.1) is 0 Å². The van der Waals surface area contributed by atoms with Crippen molar-refractivity contribution in [1.82, 2.24) is 43.8 Å². The highest BCUT2D eigenvalue weighted by Crippen LogP contribution is 2.27. The van der Waals surface area contributed by atoms with Crippen LogP contribution in [0.2, 0.25) is 0 Å². The molecule has 0 radical (unpaired) electrons. The van der Waals surface area contributed by atoms with Gasteiger partial charge in [-0.05, 0) is 26.0 Å². The van der Waals surface area contributed by atoms with Gasteiger partial charge in [-0.2, -0.15) is 18.2 Å². The van der Waals surface area contributed by atoms with Crippen molar-refractivity contribution < 1.29 is 22.5 Å². The summed E-state index contributed by atoms with van der Waals surface area (Å²) in [6.45, 7) is 2.83. The van der Waals surface area contributed by atoms with E-state index < -0.39 is 35.2 Å². The molecular formula is C23H19F3N10O4. The molecule has 40 heavy (non-hydrogen) atoms. The summed E-state index contributed by atoms with van der Waals surface area (Å²) >= 11 is 0. The zero-order valence-electron chi connectivity index (χ0n) is 21.0. The molecule has 0 aliphatic rings. The number of halogens is 3. The molecule has 206 valence electrons. The van der Waals surface area contributed by atoms with Crippen LogP contribution < -0.4 is 16.6 Å². The van der Waals surface area contributed by atoms with Gasteiger partial charge in [0.2, 0.25) is 17.6 Å². The van der Waals surface area contributed by atoms with Gasteiger partial charge in [-0.25, -0.2) is 29.3 Å². The Balaban J connectivity index is 1.43. The predicted molar refractivity (Wildman–Crippen MR) is 131 cm³/mol. The van der Waals surface area contributed by atoms with Crippen LogP contribution in [0.25, 0.3) is 22.4 Å². The molecule has 5 aromatic heterocycles. The molecular weight excluding hydrogens is 537 g/mol. The first-order chi connectivity index (χ1) is 18.9. The van der Waals surface area contributed by atoms with Crippen LogP contribution in [0.5, 0.6) is 0 Å². The molecule has 0 saturated heterocycles. The molecule has 5 rings (SSSR count). The number of rotatable bonds is 6. The van der Waals surface area contributed by atoms with Gasteiger partial charge in [0.05, 0.1) is 12.0 Å². The van der Waals surface area contributed by atoms with E-state index in [9.17, 15) is 27.6 Å². The summed E-state index contributed by atoms with van der Waals surface area (Å²) in [5.74, 6) is -1.39. The van der Waals surface area contributed by atoms with Crippen LogP contribution in [0.4, 0.5) is 19.0 Å². The van der Waals surface area contributed by atoms with Crippen LogP contribution >= 0.6 is 0 Å². The molecule has 0 spiro atoms. The Morgan fingerprint density at radius 2 is 1.85 bits per heavy atom. The molecule has 1 unspecified atom stereocenters. The van der Waals surface area contributed by atoms with Crippen LogP contribution in [0.3, 0.4) is 0 Å². The fourth-order valence-corrected chi connectivity index (χ4v) is 3.89. The van der Waals surface area contributed by atoms with Gasteiger partial charge >= 0.3 is 11.9 Å². The molecule has 5 aromatic rings. The number of nitrogens with zero attached hydrogens (tertiary/aromatic N) is 9. The smallest absolute Gasteiger partial charge is 0.337 e. The number of anilines is 1. The summed E-state index contributed by atoms with van der Waals surface area (Å²) in [4.78, 5) is 58.4. The third-order valence-electron chi connectivity index (χ3n) is 5.92. The molecule has 17 heteroatoms. The second-order valence-electron chi connectivity index (χ2n) is 8.66. The molecule has 1 atom stereocenters. The van der Waals surface area contributed by atoms with Gasteiger partial charge < -0.3 is 14.4 Å². The molecule has 14 nitrogen and oxygen atoms in total. The number of nitrogens with one attached hydrogen (secondary N) is 1. The lowest BCUT2D eigenvalue weighted by Gasteiger charge is -2.15. The Kier molecular flexibility index (Phi) is 6.48. The number of aryl methyl sites for hydroxylation is 2. The lowest BCUT2D eigenvalue weighted by atomic mass is 10.2. The monoisotopic (exact) mass is 556 g/mol. The van der Waals surface area contributed by atoms with Gasteiger partial charge in [0.25, 0.3) is 5.56 Å². The van der Waals surface area contributed by atoms with E-state index in [0.29, 0.717) is 5.82 Å². The number of hydrogen-bond acceptors (Lipinski definition) is 10. The van der Waals surface area contributed by atoms with Crippen LogP contribution in [0, 0.1) is 6.92 Å². The van der Waals surface area contributed by atoms with Crippen molar-refractivity contribution in [1.29, 1.82) is 0 Å². The minimum absolute atomic E-state index is 0.00963. The summed E-state index contributed by atoms with van der Waals surface area (Å²) in [7, 11) is 1.43. The van der Waals surface area contributed by atoms with Gasteiger partial charge in [-0.1, -0.05) is 11.2 Å². The SMILES string of the molecule is Cc1noc(Cn2c(=O)c3c(ncn3C(C)C(=O)Nc3cccc(-c4cnc(C(F)(F)F)nc4)n3)n(C)c2=O)n1. The van der Waals surface area contributed by atoms with E-state index in [1.165, 1.54) is 37.0 Å². The first-order valence-corrected chi connectivity index (χ1v) is 11.6. The van der Waals surface area contributed by atoms with Crippen molar-refractivity contribution in [3.63, 3.8) is 0 Å². The Morgan fingerprint density at radius 1 is 1.12 bits per heavy atom. The maximum absolute atomic E-state index is 13.3. The van der Waals surface area contributed by atoms with Crippen molar-refractivity contribution in [2.45, 2.75) is 32.6 Å². The number of pyridine rings is 1. The number of amides is 1. The van der Waals surface area contributed by atoms with Crippen molar-refractivity contribution in [3.8, 4) is 11.3 Å². The second-order valence-corrected chi connectivity index (χ2v) is 8.66. The fraction of sp³-hybridized carbons (Fsp3) is 0.261. The molecule has 1 N–H and O–H groups in total. The first-order valence-electron chi connectivity index (χ1n) is 11.6. The maximum Gasteiger partial charge on any atom is 0.451 e. The third-order valence-corrected chi connectivity index (χ3v) is 5.92. The summed E-state index contributed by atoms with van der Waals surface area (Å²) < 4.78 is 46.7. The molecule has 1 amide bonds. The minimum Gasteiger partial charge on any atom is -0.337 e. The van der Waals surface area contributed by atoms with E-state index in [0.717, 1.165) is 21.5 Å². The summed E-state index contributed by atoms with van der Waals surface area (Å²) in [6, 6.07) is 3.55. The Hall–Kier alpha value is -5.22.